The van der Waals surface area contributed by atoms with Crippen LogP contribution in [-0.4, -0.2) is 52.6 Å². The third-order valence-electron chi connectivity index (χ3n) is 5.87. The molecule has 0 radical (unpaired) electrons. The molecular weight excluding hydrogens is 402 g/mol. The molecule has 2 amide bonds. The zero-order chi connectivity index (χ0) is 22.1. The summed E-state index contributed by atoms with van der Waals surface area (Å²) >= 11 is 0. The molecule has 2 aliphatic heterocycles. The molecule has 2 N–H and O–H groups in total. The van der Waals surface area contributed by atoms with Crippen molar-refractivity contribution < 1.29 is 24.2 Å². The molecule has 0 spiro atoms. The van der Waals surface area contributed by atoms with Gasteiger partial charge >= 0.3 is 11.9 Å². The first-order valence-corrected chi connectivity index (χ1v) is 10.0. The lowest BCUT2D eigenvalue weighted by atomic mass is 9.83. The highest BCUT2D eigenvalue weighted by Gasteiger charge is 2.38. The minimum Gasteiger partial charge on any atom is -0.497 e. The average molecular weight is 425 g/mol. The molecule has 2 atom stereocenters. The van der Waals surface area contributed by atoms with Gasteiger partial charge in [0.05, 0.1) is 13.5 Å². The number of hydrogen-bond acceptors (Lipinski definition) is 5. The van der Waals surface area contributed by atoms with Crippen molar-refractivity contribution >= 4 is 23.5 Å². The summed E-state index contributed by atoms with van der Waals surface area (Å²) in [5.41, 5.74) is 1.49. The van der Waals surface area contributed by atoms with Crippen LogP contribution in [0.4, 0.5) is 5.69 Å². The fourth-order valence-electron chi connectivity index (χ4n) is 4.47. The quantitative estimate of drug-likeness (QED) is 0.708. The van der Waals surface area contributed by atoms with Crippen molar-refractivity contribution in [2.45, 2.75) is 25.3 Å². The van der Waals surface area contributed by atoms with E-state index in [4.69, 9.17) is 9.84 Å². The highest BCUT2D eigenvalue weighted by molar-refractivity contribution is 6.31. The first-order chi connectivity index (χ1) is 14.9. The summed E-state index contributed by atoms with van der Waals surface area (Å²) in [5.74, 6) is -2.08. The highest BCUT2D eigenvalue weighted by atomic mass is 16.5. The first kappa shape index (κ1) is 20.6. The molecule has 1 aromatic heterocycles. The van der Waals surface area contributed by atoms with Gasteiger partial charge in [-0.1, -0.05) is 12.1 Å². The number of hydrogen-bond donors (Lipinski definition) is 2. The number of nitrogens with zero attached hydrogens (tertiary/aromatic N) is 2. The summed E-state index contributed by atoms with van der Waals surface area (Å²) in [6.07, 6.45) is 0.925. The molecule has 1 saturated heterocycles. The number of carboxylic acid groups (broad SMARTS) is 1. The summed E-state index contributed by atoms with van der Waals surface area (Å²) < 4.78 is 6.75. The standard InChI is InChI=1S/C22H23N3O6/c1-31-16-4-2-13(3-5-16)9-19(26)23-17-6-7-18-15-8-14(11-25(18)20(17)27)10-24(12-15)21(28)22(29)30/h2-7,14-15H,8-12H2,1H3,(H,23,26)(H,29,30)/t14-,15-/m1/s1. The summed E-state index contributed by atoms with van der Waals surface area (Å²) in [5, 5.41) is 11.7. The molecule has 1 aromatic carbocycles. The highest BCUT2D eigenvalue weighted by Crippen LogP contribution is 2.35. The second kappa shape index (κ2) is 8.25. The number of likely N-dealkylation sites (tertiary alicyclic amines) is 1. The minimum absolute atomic E-state index is 0.00231. The van der Waals surface area contributed by atoms with Crippen LogP contribution >= 0.6 is 0 Å². The zero-order valence-electron chi connectivity index (χ0n) is 17.0. The Balaban J connectivity index is 1.49. The van der Waals surface area contributed by atoms with Crippen molar-refractivity contribution in [1.82, 2.24) is 9.47 Å². The van der Waals surface area contributed by atoms with Crippen molar-refractivity contribution in [3.05, 3.63) is 58.0 Å². The van der Waals surface area contributed by atoms with Gasteiger partial charge in [0.2, 0.25) is 5.91 Å². The number of carboxylic acids is 1. The number of piperidine rings is 1. The van der Waals surface area contributed by atoms with Crippen LogP contribution in [0.2, 0.25) is 0 Å². The third kappa shape index (κ3) is 4.16. The van der Waals surface area contributed by atoms with E-state index in [2.05, 4.69) is 5.32 Å². The van der Waals surface area contributed by atoms with E-state index in [1.54, 1.807) is 48.1 Å². The Kier molecular flexibility index (Phi) is 5.50. The number of pyridine rings is 1. The van der Waals surface area contributed by atoms with E-state index < -0.39 is 11.9 Å². The molecule has 4 rings (SSSR count). The van der Waals surface area contributed by atoms with Gasteiger partial charge in [0, 0.05) is 31.2 Å². The molecule has 162 valence electrons. The SMILES string of the molecule is COc1ccc(CC(=O)Nc2ccc3n(c2=O)C[C@@H]2C[C@@H]3CN(C(=O)C(=O)O)C2)cc1. The van der Waals surface area contributed by atoms with Crippen molar-refractivity contribution in [3.63, 3.8) is 0 Å². The van der Waals surface area contributed by atoms with Crippen LogP contribution in [0.1, 0.15) is 23.6 Å². The van der Waals surface area contributed by atoms with Crippen LogP contribution in [-0.2, 0) is 27.3 Å². The van der Waals surface area contributed by atoms with E-state index in [1.165, 1.54) is 4.90 Å². The lowest BCUT2D eigenvalue weighted by Gasteiger charge is -2.42. The van der Waals surface area contributed by atoms with Gasteiger partial charge in [-0.2, -0.15) is 0 Å². The lowest BCUT2D eigenvalue weighted by Crippen LogP contribution is -2.51. The maximum absolute atomic E-state index is 13.0. The molecule has 31 heavy (non-hydrogen) atoms. The van der Waals surface area contributed by atoms with E-state index in [0.29, 0.717) is 18.8 Å². The van der Waals surface area contributed by atoms with E-state index in [9.17, 15) is 19.2 Å². The number of carbonyl (C=O) groups excluding carboxylic acids is 2. The summed E-state index contributed by atoms with van der Waals surface area (Å²) in [6, 6.07) is 10.5. The molecule has 1 fully saturated rings. The van der Waals surface area contributed by atoms with Crippen molar-refractivity contribution in [2.24, 2.45) is 5.92 Å². The predicted molar refractivity (Wildman–Crippen MR) is 111 cm³/mol. The Labute approximate surface area is 178 Å². The van der Waals surface area contributed by atoms with Gasteiger partial charge in [0.25, 0.3) is 5.56 Å². The topological polar surface area (TPSA) is 118 Å². The molecule has 0 unspecified atom stereocenters. The maximum atomic E-state index is 13.0. The smallest absolute Gasteiger partial charge is 0.394 e. The van der Waals surface area contributed by atoms with Gasteiger partial charge in [0.1, 0.15) is 11.4 Å². The van der Waals surface area contributed by atoms with Gasteiger partial charge in [-0.15, -0.1) is 0 Å². The molecule has 2 bridgehead atoms. The number of fused-ring (bicyclic) bond motifs is 4. The largest absolute Gasteiger partial charge is 0.497 e. The number of amides is 2. The monoisotopic (exact) mass is 425 g/mol. The maximum Gasteiger partial charge on any atom is 0.394 e. The zero-order valence-corrected chi connectivity index (χ0v) is 17.0. The molecule has 9 nitrogen and oxygen atoms in total. The summed E-state index contributed by atoms with van der Waals surface area (Å²) in [7, 11) is 1.57. The van der Waals surface area contributed by atoms with Gasteiger partial charge in [-0.05, 0) is 42.2 Å². The van der Waals surface area contributed by atoms with Crippen molar-refractivity contribution in [1.29, 1.82) is 0 Å². The van der Waals surface area contributed by atoms with Crippen LogP contribution in [0.3, 0.4) is 0 Å². The Morgan fingerprint density at radius 2 is 1.84 bits per heavy atom. The molecule has 2 aromatic rings. The Morgan fingerprint density at radius 3 is 2.52 bits per heavy atom. The second-order valence-corrected chi connectivity index (χ2v) is 7.97. The molecule has 3 heterocycles. The van der Waals surface area contributed by atoms with Crippen LogP contribution < -0.4 is 15.6 Å². The number of benzene rings is 1. The number of anilines is 1. The summed E-state index contributed by atoms with van der Waals surface area (Å²) in [6.45, 7) is 0.960. The van der Waals surface area contributed by atoms with E-state index >= 15 is 0 Å². The number of aliphatic carboxylic acids is 1. The van der Waals surface area contributed by atoms with E-state index in [-0.39, 0.29) is 42.0 Å². The van der Waals surface area contributed by atoms with E-state index in [0.717, 1.165) is 17.7 Å². The number of rotatable bonds is 4. The average Bonchev–Trinajstić information content (AvgIpc) is 2.75. The van der Waals surface area contributed by atoms with Gasteiger partial charge in [-0.3, -0.25) is 14.4 Å². The van der Waals surface area contributed by atoms with Crippen LogP contribution in [0.5, 0.6) is 5.75 Å². The third-order valence-corrected chi connectivity index (χ3v) is 5.87. The normalized spacial score (nSPS) is 19.3. The lowest BCUT2D eigenvalue weighted by molar-refractivity contribution is -0.157. The molecule has 9 heteroatoms. The number of ether oxygens (including phenoxy) is 1. The van der Waals surface area contributed by atoms with E-state index in [1.807, 2.05) is 0 Å². The number of aromatic nitrogens is 1. The van der Waals surface area contributed by atoms with Crippen molar-refractivity contribution in [3.8, 4) is 5.75 Å². The first-order valence-electron chi connectivity index (χ1n) is 10.0. The number of carbonyl (C=O) groups is 3. The van der Waals surface area contributed by atoms with Crippen LogP contribution in [0.15, 0.2) is 41.2 Å². The minimum atomic E-state index is -1.47. The van der Waals surface area contributed by atoms with Gasteiger partial charge in [-0.25, -0.2) is 4.79 Å². The molecular formula is C22H23N3O6. The fraction of sp³-hybridized carbons (Fsp3) is 0.364. The molecule has 0 aliphatic carbocycles. The number of methoxy groups -OCH3 is 1. The van der Waals surface area contributed by atoms with Crippen LogP contribution in [0.25, 0.3) is 0 Å². The van der Waals surface area contributed by atoms with Gasteiger partial charge < -0.3 is 24.6 Å². The number of nitrogens with one attached hydrogen (secondary N) is 1. The Morgan fingerprint density at radius 1 is 1.10 bits per heavy atom. The fourth-order valence-corrected chi connectivity index (χ4v) is 4.47. The Bertz CT molecular complexity index is 1090. The van der Waals surface area contributed by atoms with Crippen LogP contribution in [0, 0.1) is 5.92 Å². The second-order valence-electron chi connectivity index (χ2n) is 7.97. The molecule has 0 saturated carbocycles. The summed E-state index contributed by atoms with van der Waals surface area (Å²) in [4.78, 5) is 49.7. The Hall–Kier alpha value is -3.62. The predicted octanol–water partition coefficient (Wildman–Crippen LogP) is 1.07. The molecule has 2 aliphatic rings. The van der Waals surface area contributed by atoms with Gasteiger partial charge in [0.15, 0.2) is 0 Å². The van der Waals surface area contributed by atoms with Crippen molar-refractivity contribution in [2.75, 3.05) is 25.5 Å².